The van der Waals surface area contributed by atoms with Gasteiger partial charge in [0.05, 0.1) is 0 Å². The lowest BCUT2D eigenvalue weighted by atomic mass is 9.94. The number of fused-ring (bicyclic) bond motifs is 3. The van der Waals surface area contributed by atoms with Gasteiger partial charge in [-0.25, -0.2) is 4.63 Å². The van der Waals surface area contributed by atoms with Gasteiger partial charge in [-0.15, -0.1) is 0 Å². The van der Waals surface area contributed by atoms with Gasteiger partial charge in [0.1, 0.15) is 11.4 Å². The second-order valence-electron chi connectivity index (χ2n) is 3.23. The predicted molar refractivity (Wildman–Crippen MR) is 42.6 cm³/mol. The van der Waals surface area contributed by atoms with Gasteiger partial charge in [0.25, 0.3) is 0 Å². The fourth-order valence-corrected chi connectivity index (χ4v) is 1.94. The topological polar surface area (TPSA) is 38.9 Å². The van der Waals surface area contributed by atoms with Crippen molar-refractivity contribution in [2.24, 2.45) is 0 Å². The molecule has 0 radical (unpaired) electrons. The van der Waals surface area contributed by atoms with Crippen LogP contribution in [-0.2, 0) is 6.42 Å². The van der Waals surface area contributed by atoms with Crippen LogP contribution in [0.1, 0.15) is 23.7 Å². The van der Waals surface area contributed by atoms with Gasteiger partial charge in [-0.05, 0) is 6.42 Å². The van der Waals surface area contributed by atoms with Gasteiger partial charge in [-0.2, -0.15) is 0 Å². The van der Waals surface area contributed by atoms with Crippen molar-refractivity contribution in [2.75, 3.05) is 0 Å². The van der Waals surface area contributed by atoms with Crippen LogP contribution in [0.3, 0.4) is 0 Å². The molecule has 0 fully saturated rings. The van der Waals surface area contributed by atoms with Crippen molar-refractivity contribution >= 4 is 0 Å². The van der Waals surface area contributed by atoms with Gasteiger partial charge in [0, 0.05) is 12.3 Å². The molecule has 60 valence electrons. The van der Waals surface area contributed by atoms with E-state index in [4.69, 9.17) is 0 Å². The first-order valence-electron chi connectivity index (χ1n) is 4.12. The van der Waals surface area contributed by atoms with Gasteiger partial charge in [0.15, 0.2) is 0 Å². The molecule has 1 aromatic rings. The number of allylic oxidation sites excluding steroid dienone is 4. The Balaban J connectivity index is 2.13. The van der Waals surface area contributed by atoms with Gasteiger partial charge in [0.2, 0.25) is 0 Å². The molecule has 2 aliphatic rings. The zero-order chi connectivity index (χ0) is 7.97. The third kappa shape index (κ3) is 0.656. The van der Waals surface area contributed by atoms with E-state index in [2.05, 4.69) is 33.2 Å². The summed E-state index contributed by atoms with van der Waals surface area (Å²) in [7, 11) is 0. The molecule has 0 N–H and O–H groups in total. The Morgan fingerprint density at radius 1 is 1.42 bits per heavy atom. The van der Waals surface area contributed by atoms with Crippen molar-refractivity contribution in [2.45, 2.75) is 18.8 Å². The highest BCUT2D eigenvalue weighted by Crippen LogP contribution is 2.39. The lowest BCUT2D eigenvalue weighted by molar-refractivity contribution is 0.296. The summed E-state index contributed by atoms with van der Waals surface area (Å²) in [5.74, 6) is 0.455. The molecule has 0 saturated carbocycles. The molecule has 3 nitrogen and oxygen atoms in total. The quantitative estimate of drug-likeness (QED) is 0.578. The molecule has 0 amide bonds. The zero-order valence-corrected chi connectivity index (χ0v) is 6.53. The molecule has 1 atom stereocenters. The number of aromatic nitrogens is 2. The second kappa shape index (κ2) is 2.06. The van der Waals surface area contributed by atoms with E-state index in [1.807, 2.05) is 0 Å². The fraction of sp³-hybridized carbons (Fsp3) is 0.333. The van der Waals surface area contributed by atoms with Gasteiger partial charge in [-0.1, -0.05) is 34.1 Å². The monoisotopic (exact) mass is 160 g/mol. The van der Waals surface area contributed by atoms with Crippen molar-refractivity contribution in [3.63, 3.8) is 0 Å². The standard InChI is InChI=1S/C9H8N2O/c1-2-4-7-6(3-1)5-8-9(7)11-12-10-8/h1-3,7H,4-5H2. The molecule has 12 heavy (non-hydrogen) atoms. The Kier molecular flexibility index (Phi) is 1.06. The van der Waals surface area contributed by atoms with Crippen LogP contribution in [0.15, 0.2) is 28.4 Å². The minimum atomic E-state index is 0.455. The smallest absolute Gasteiger partial charge is 0.116 e. The summed E-state index contributed by atoms with van der Waals surface area (Å²) < 4.78 is 4.69. The zero-order valence-electron chi connectivity index (χ0n) is 6.53. The van der Waals surface area contributed by atoms with Gasteiger partial charge in [-0.3, -0.25) is 0 Å². The maximum Gasteiger partial charge on any atom is 0.116 e. The maximum absolute atomic E-state index is 4.69. The van der Waals surface area contributed by atoms with Crippen LogP contribution >= 0.6 is 0 Å². The van der Waals surface area contributed by atoms with E-state index >= 15 is 0 Å². The largest absolute Gasteiger partial charge is 0.244 e. The number of hydrogen-bond acceptors (Lipinski definition) is 3. The second-order valence-corrected chi connectivity index (χ2v) is 3.23. The lowest BCUT2D eigenvalue weighted by Gasteiger charge is -2.10. The highest BCUT2D eigenvalue weighted by molar-refractivity contribution is 5.41. The summed E-state index contributed by atoms with van der Waals surface area (Å²) in [6, 6.07) is 0. The first-order valence-corrected chi connectivity index (χ1v) is 4.12. The SMILES string of the molecule is C1=CCC2C(=C1)Cc1nonc12. The first-order chi connectivity index (χ1) is 5.95. The van der Waals surface area contributed by atoms with E-state index in [1.54, 1.807) is 0 Å². The third-order valence-corrected chi connectivity index (χ3v) is 2.55. The van der Waals surface area contributed by atoms with E-state index in [9.17, 15) is 0 Å². The van der Waals surface area contributed by atoms with Crippen LogP contribution in [0.2, 0.25) is 0 Å². The van der Waals surface area contributed by atoms with Crippen molar-refractivity contribution < 1.29 is 4.63 Å². The molecule has 0 spiro atoms. The maximum atomic E-state index is 4.69. The molecule has 0 aromatic carbocycles. The van der Waals surface area contributed by atoms with Crippen LogP contribution in [-0.4, -0.2) is 10.3 Å². The minimum absolute atomic E-state index is 0.455. The number of hydrogen-bond donors (Lipinski definition) is 0. The lowest BCUT2D eigenvalue weighted by Crippen LogP contribution is -1.98. The van der Waals surface area contributed by atoms with Gasteiger partial charge < -0.3 is 0 Å². The molecule has 3 rings (SSSR count). The molecular weight excluding hydrogens is 152 g/mol. The highest BCUT2D eigenvalue weighted by Gasteiger charge is 2.31. The summed E-state index contributed by atoms with van der Waals surface area (Å²) in [6.07, 6.45) is 8.41. The average Bonchev–Trinajstić information content (AvgIpc) is 2.62. The summed E-state index contributed by atoms with van der Waals surface area (Å²) >= 11 is 0. The van der Waals surface area contributed by atoms with Crippen molar-refractivity contribution in [3.05, 3.63) is 35.2 Å². The van der Waals surface area contributed by atoms with E-state index in [1.165, 1.54) is 5.57 Å². The normalized spacial score (nSPS) is 25.0. The van der Waals surface area contributed by atoms with E-state index in [-0.39, 0.29) is 0 Å². The van der Waals surface area contributed by atoms with E-state index in [0.29, 0.717) is 5.92 Å². The molecule has 1 unspecified atom stereocenters. The molecular formula is C9H8N2O. The molecule has 1 aromatic heterocycles. The highest BCUT2D eigenvalue weighted by atomic mass is 16.6. The number of nitrogens with zero attached hydrogens (tertiary/aromatic N) is 2. The first kappa shape index (κ1) is 6.17. The third-order valence-electron chi connectivity index (χ3n) is 2.55. The van der Waals surface area contributed by atoms with Gasteiger partial charge >= 0.3 is 0 Å². The summed E-state index contributed by atoms with van der Waals surface area (Å²) in [5.41, 5.74) is 3.50. The number of rotatable bonds is 0. The summed E-state index contributed by atoms with van der Waals surface area (Å²) in [4.78, 5) is 0. The fourth-order valence-electron chi connectivity index (χ4n) is 1.94. The molecule has 0 aliphatic heterocycles. The van der Waals surface area contributed by atoms with E-state index in [0.717, 1.165) is 24.2 Å². The molecule has 2 aliphatic carbocycles. The Bertz CT molecular complexity index is 376. The van der Waals surface area contributed by atoms with Crippen molar-refractivity contribution in [1.29, 1.82) is 0 Å². The molecule has 0 saturated heterocycles. The van der Waals surface area contributed by atoms with Crippen LogP contribution in [0, 0.1) is 0 Å². The Labute approximate surface area is 69.7 Å². The van der Waals surface area contributed by atoms with Crippen LogP contribution in [0.25, 0.3) is 0 Å². The van der Waals surface area contributed by atoms with Crippen molar-refractivity contribution in [1.82, 2.24) is 10.3 Å². The predicted octanol–water partition coefficient (Wildman–Crippen LogP) is 1.60. The Morgan fingerprint density at radius 2 is 2.42 bits per heavy atom. The Hall–Kier alpha value is -1.38. The molecule has 3 heteroatoms. The van der Waals surface area contributed by atoms with Crippen molar-refractivity contribution in [3.8, 4) is 0 Å². The Morgan fingerprint density at radius 3 is 3.42 bits per heavy atom. The van der Waals surface area contributed by atoms with Crippen LogP contribution < -0.4 is 0 Å². The molecule has 0 bridgehead atoms. The average molecular weight is 160 g/mol. The summed E-state index contributed by atoms with van der Waals surface area (Å²) in [5, 5.41) is 7.79. The van der Waals surface area contributed by atoms with Crippen LogP contribution in [0.5, 0.6) is 0 Å². The van der Waals surface area contributed by atoms with Crippen LogP contribution in [0.4, 0.5) is 0 Å². The van der Waals surface area contributed by atoms with E-state index < -0.39 is 0 Å². The molecule has 1 heterocycles. The minimum Gasteiger partial charge on any atom is -0.244 e. The summed E-state index contributed by atoms with van der Waals surface area (Å²) in [6.45, 7) is 0.